The van der Waals surface area contributed by atoms with Crippen LogP contribution in [0.3, 0.4) is 0 Å². The fraction of sp³-hybridized carbons (Fsp3) is 0.231. The summed E-state index contributed by atoms with van der Waals surface area (Å²) in [6.45, 7) is 4.23. The highest BCUT2D eigenvalue weighted by Crippen LogP contribution is 2.24. The van der Waals surface area contributed by atoms with E-state index >= 15 is 0 Å². The number of aryl methyl sites for hydroxylation is 2. The van der Waals surface area contributed by atoms with Gasteiger partial charge in [-0.15, -0.1) is 11.8 Å². The highest BCUT2D eigenvalue weighted by Gasteiger charge is 2.11. The zero-order valence-corrected chi connectivity index (χ0v) is 21.8. The molecule has 2 heterocycles. The number of amides is 1. The van der Waals surface area contributed by atoms with Gasteiger partial charge in [-0.2, -0.15) is 0 Å². The molecule has 10 heteroatoms. The summed E-state index contributed by atoms with van der Waals surface area (Å²) in [6.07, 6.45) is 2.64. The van der Waals surface area contributed by atoms with Crippen molar-refractivity contribution in [1.82, 2.24) is 20.3 Å². The predicted molar refractivity (Wildman–Crippen MR) is 146 cm³/mol. The number of H-pyrrole nitrogens is 1. The molecule has 0 unspecified atom stereocenters. The second-order valence-electron chi connectivity index (χ2n) is 8.10. The average Bonchev–Trinajstić information content (AvgIpc) is 3.25. The molecule has 0 spiro atoms. The van der Waals surface area contributed by atoms with Crippen molar-refractivity contribution in [3.63, 3.8) is 0 Å². The predicted octanol–water partition coefficient (Wildman–Crippen LogP) is 5.16. The molecule has 0 aliphatic rings. The maximum absolute atomic E-state index is 12.7. The zero-order chi connectivity index (χ0) is 25.5. The molecule has 0 radical (unpaired) electrons. The van der Waals surface area contributed by atoms with Gasteiger partial charge in [-0.1, -0.05) is 11.6 Å². The summed E-state index contributed by atoms with van der Waals surface area (Å²) in [5, 5.41) is 7.68. The molecule has 186 valence electrons. The van der Waals surface area contributed by atoms with Gasteiger partial charge in [0, 0.05) is 45.0 Å². The van der Waals surface area contributed by atoms with E-state index in [1.165, 1.54) is 11.8 Å². The fourth-order valence-corrected chi connectivity index (χ4v) is 4.45. The maximum atomic E-state index is 12.7. The van der Waals surface area contributed by atoms with Crippen molar-refractivity contribution in [2.24, 2.45) is 4.99 Å². The van der Waals surface area contributed by atoms with Gasteiger partial charge in [-0.05, 0) is 74.4 Å². The second-order valence-corrected chi connectivity index (χ2v) is 9.58. The van der Waals surface area contributed by atoms with Crippen LogP contribution in [0.5, 0.6) is 5.75 Å². The molecule has 36 heavy (non-hydrogen) atoms. The fourth-order valence-electron chi connectivity index (χ4n) is 3.63. The third kappa shape index (κ3) is 6.99. The Morgan fingerprint density at radius 2 is 1.86 bits per heavy atom. The number of aromatic amines is 1. The van der Waals surface area contributed by atoms with Crippen molar-refractivity contribution in [2.45, 2.75) is 25.2 Å². The van der Waals surface area contributed by atoms with Crippen LogP contribution in [0.25, 0.3) is 10.9 Å². The number of methoxy groups -OCH3 is 1. The van der Waals surface area contributed by atoms with Gasteiger partial charge >= 0.3 is 0 Å². The van der Waals surface area contributed by atoms with Crippen molar-refractivity contribution in [3.8, 4) is 5.75 Å². The molecule has 0 aliphatic carbocycles. The molecule has 1 amide bonds. The third-order valence-corrected chi connectivity index (χ3v) is 6.54. The SMILES string of the molecule is COc1ccc2[nH]cc(CCN=C(NC(=O)CSc3ccc(Cl)cc3)Nc3nc(C)cc(C)n3)c2c1. The van der Waals surface area contributed by atoms with E-state index in [1.54, 1.807) is 19.2 Å². The molecule has 0 atom stereocenters. The molecule has 4 rings (SSSR count). The number of carbonyl (C=O) groups is 1. The van der Waals surface area contributed by atoms with Gasteiger partial charge in [-0.3, -0.25) is 20.4 Å². The summed E-state index contributed by atoms with van der Waals surface area (Å²) >= 11 is 7.36. The number of aromatic nitrogens is 3. The van der Waals surface area contributed by atoms with Crippen LogP contribution in [-0.4, -0.2) is 46.2 Å². The molecule has 8 nitrogen and oxygen atoms in total. The summed E-state index contributed by atoms with van der Waals surface area (Å²) in [7, 11) is 1.65. The summed E-state index contributed by atoms with van der Waals surface area (Å²) < 4.78 is 5.36. The normalized spacial score (nSPS) is 11.5. The van der Waals surface area contributed by atoms with Gasteiger partial charge in [0.15, 0.2) is 0 Å². The number of ether oxygens (including phenoxy) is 1. The number of anilines is 1. The lowest BCUT2D eigenvalue weighted by Gasteiger charge is -2.11. The van der Waals surface area contributed by atoms with E-state index in [-0.39, 0.29) is 11.7 Å². The molecular weight excluding hydrogens is 496 g/mol. The Labute approximate surface area is 218 Å². The van der Waals surface area contributed by atoms with Gasteiger partial charge in [0.25, 0.3) is 0 Å². The highest BCUT2D eigenvalue weighted by atomic mass is 35.5. The molecule has 3 N–H and O–H groups in total. The van der Waals surface area contributed by atoms with Crippen molar-refractivity contribution >= 4 is 52.1 Å². The number of nitrogens with zero attached hydrogens (tertiary/aromatic N) is 3. The highest BCUT2D eigenvalue weighted by molar-refractivity contribution is 8.00. The number of hydrogen-bond donors (Lipinski definition) is 3. The first-order chi connectivity index (χ1) is 17.4. The molecule has 0 saturated heterocycles. The first-order valence-corrected chi connectivity index (χ1v) is 12.7. The third-order valence-electron chi connectivity index (χ3n) is 5.28. The molecule has 2 aromatic carbocycles. The van der Waals surface area contributed by atoms with Crippen LogP contribution in [0.15, 0.2) is 64.6 Å². The van der Waals surface area contributed by atoms with Crippen LogP contribution in [-0.2, 0) is 11.2 Å². The first kappa shape index (κ1) is 25.5. The summed E-state index contributed by atoms with van der Waals surface area (Å²) in [5.41, 5.74) is 3.78. The monoisotopic (exact) mass is 522 g/mol. The summed E-state index contributed by atoms with van der Waals surface area (Å²) in [6, 6.07) is 15.2. The van der Waals surface area contributed by atoms with E-state index in [1.807, 2.05) is 56.4 Å². The zero-order valence-electron chi connectivity index (χ0n) is 20.3. The Morgan fingerprint density at radius 3 is 2.58 bits per heavy atom. The van der Waals surface area contributed by atoms with Crippen molar-refractivity contribution in [1.29, 1.82) is 0 Å². The number of carbonyl (C=O) groups excluding carboxylic acids is 1. The Kier molecular flexibility index (Phi) is 8.45. The van der Waals surface area contributed by atoms with Crippen molar-refractivity contribution in [3.05, 3.63) is 76.7 Å². The number of halogens is 1. The lowest BCUT2D eigenvalue weighted by molar-refractivity contribution is -0.117. The molecule has 2 aromatic heterocycles. The van der Waals surface area contributed by atoms with Gasteiger partial charge in [-0.25, -0.2) is 9.97 Å². The summed E-state index contributed by atoms with van der Waals surface area (Å²) in [4.78, 5) is 30.4. The number of hydrogen-bond acceptors (Lipinski definition) is 6. The van der Waals surface area contributed by atoms with Crippen LogP contribution in [0.4, 0.5) is 5.95 Å². The standard InChI is InChI=1S/C26H27ClN6O2S/c1-16-12-17(2)31-26(30-16)33-25(32-24(34)15-36-21-7-4-19(27)5-8-21)28-11-10-18-14-29-23-9-6-20(35-3)13-22(18)23/h4-9,12-14,29H,10-11,15H2,1-3H3,(H2,28,30,31,32,33,34). The smallest absolute Gasteiger partial charge is 0.237 e. The average molecular weight is 523 g/mol. The lowest BCUT2D eigenvalue weighted by Crippen LogP contribution is -2.38. The van der Waals surface area contributed by atoms with Gasteiger partial charge < -0.3 is 9.72 Å². The van der Waals surface area contributed by atoms with E-state index < -0.39 is 0 Å². The topological polar surface area (TPSA) is 104 Å². The number of aliphatic imine (C=N–C) groups is 1. The Hall–Kier alpha value is -3.56. The van der Waals surface area contributed by atoms with E-state index in [2.05, 4.69) is 30.6 Å². The first-order valence-electron chi connectivity index (χ1n) is 11.4. The number of rotatable bonds is 8. The van der Waals surface area contributed by atoms with Crippen molar-refractivity contribution < 1.29 is 9.53 Å². The lowest BCUT2D eigenvalue weighted by atomic mass is 10.1. The molecule has 0 fully saturated rings. The van der Waals surface area contributed by atoms with E-state index in [0.717, 1.165) is 38.5 Å². The number of benzene rings is 2. The van der Waals surface area contributed by atoms with Crippen LogP contribution in [0.2, 0.25) is 5.02 Å². The van der Waals surface area contributed by atoms with Gasteiger partial charge in [0.2, 0.25) is 17.8 Å². The van der Waals surface area contributed by atoms with Crippen LogP contribution in [0.1, 0.15) is 17.0 Å². The number of nitrogens with one attached hydrogen (secondary N) is 3. The maximum Gasteiger partial charge on any atom is 0.237 e. The van der Waals surface area contributed by atoms with E-state index in [0.29, 0.717) is 29.9 Å². The number of guanidine groups is 1. The van der Waals surface area contributed by atoms with Gasteiger partial charge in [0.05, 0.1) is 12.9 Å². The van der Waals surface area contributed by atoms with E-state index in [4.69, 9.17) is 16.3 Å². The minimum Gasteiger partial charge on any atom is -0.497 e. The second kappa shape index (κ2) is 11.9. The molecule has 0 aliphatic heterocycles. The minimum atomic E-state index is -0.192. The minimum absolute atomic E-state index is 0.192. The quantitative estimate of drug-likeness (QED) is 0.168. The number of fused-ring (bicyclic) bond motifs is 1. The largest absolute Gasteiger partial charge is 0.497 e. The van der Waals surface area contributed by atoms with Crippen molar-refractivity contribution in [2.75, 3.05) is 24.7 Å². The molecule has 0 saturated carbocycles. The van der Waals surface area contributed by atoms with Crippen LogP contribution in [0, 0.1) is 13.8 Å². The van der Waals surface area contributed by atoms with Crippen LogP contribution >= 0.6 is 23.4 Å². The molecule has 4 aromatic rings. The Bertz CT molecular complexity index is 1370. The summed E-state index contributed by atoms with van der Waals surface area (Å²) in [5.74, 6) is 1.51. The van der Waals surface area contributed by atoms with Crippen LogP contribution < -0.4 is 15.4 Å². The Morgan fingerprint density at radius 1 is 1.11 bits per heavy atom. The van der Waals surface area contributed by atoms with Gasteiger partial charge in [0.1, 0.15) is 5.75 Å². The molecule has 0 bridgehead atoms. The molecular formula is C26H27ClN6O2S. The Balaban J connectivity index is 1.46. The van der Waals surface area contributed by atoms with E-state index in [9.17, 15) is 4.79 Å². The number of thioether (sulfide) groups is 1.